The second-order valence-corrected chi connectivity index (χ2v) is 5.45. The van der Waals surface area contributed by atoms with Gasteiger partial charge in [0.25, 0.3) is 5.91 Å². The van der Waals surface area contributed by atoms with E-state index in [0.717, 1.165) is 4.90 Å². The van der Waals surface area contributed by atoms with Gasteiger partial charge >= 0.3 is 0 Å². The van der Waals surface area contributed by atoms with E-state index < -0.39 is 0 Å². The van der Waals surface area contributed by atoms with Gasteiger partial charge in [-0.05, 0) is 64.8 Å². The fourth-order valence-electron chi connectivity index (χ4n) is 1.59. The van der Waals surface area contributed by atoms with Crippen molar-refractivity contribution in [3.05, 3.63) is 57.8 Å². The summed E-state index contributed by atoms with van der Waals surface area (Å²) in [6.45, 7) is 1.74. The maximum absolute atomic E-state index is 13.3. The first-order valence-corrected chi connectivity index (χ1v) is 6.77. The van der Waals surface area contributed by atoms with Crippen LogP contribution in [0, 0.1) is 12.7 Å². The molecule has 0 saturated carbocycles. The highest BCUT2D eigenvalue weighted by atomic mass is 79.9. The van der Waals surface area contributed by atoms with Crippen molar-refractivity contribution >= 4 is 40.2 Å². The highest BCUT2D eigenvalue weighted by molar-refractivity contribution is 9.10. The molecule has 0 saturated heterocycles. The Balaban J connectivity index is 2.24. The van der Waals surface area contributed by atoms with E-state index in [1.807, 2.05) is 0 Å². The summed E-state index contributed by atoms with van der Waals surface area (Å²) >= 11 is 7.26. The van der Waals surface area contributed by atoms with Crippen LogP contribution >= 0.6 is 28.6 Å². The van der Waals surface area contributed by atoms with Crippen LogP contribution in [-0.2, 0) is 0 Å². The van der Waals surface area contributed by atoms with E-state index in [2.05, 4.69) is 33.9 Å². The molecule has 0 aliphatic rings. The zero-order valence-corrected chi connectivity index (χ0v) is 12.6. The number of rotatable bonds is 2. The van der Waals surface area contributed by atoms with Crippen molar-refractivity contribution in [2.24, 2.45) is 0 Å². The highest BCUT2D eigenvalue weighted by Gasteiger charge is 2.10. The average molecular weight is 340 g/mol. The molecule has 2 aromatic carbocycles. The van der Waals surface area contributed by atoms with Gasteiger partial charge in [-0.1, -0.05) is 0 Å². The molecule has 2 rings (SSSR count). The summed E-state index contributed by atoms with van der Waals surface area (Å²) in [4.78, 5) is 12.8. The van der Waals surface area contributed by atoms with Gasteiger partial charge in [-0.2, -0.15) is 0 Å². The second-order valence-electron chi connectivity index (χ2n) is 4.08. The van der Waals surface area contributed by atoms with Crippen LogP contribution in [0.25, 0.3) is 0 Å². The standard InChI is InChI=1S/C14H11BrFNOS/c1-8-6-12(16)11(15)7-13(8)17-14(18)9-2-4-10(19)5-3-9/h2-7,19H,1H3,(H,17,18). The first kappa shape index (κ1) is 14.1. The molecule has 0 aromatic heterocycles. The number of aryl methyl sites for hydroxylation is 1. The van der Waals surface area contributed by atoms with Crippen LogP contribution in [0.4, 0.5) is 10.1 Å². The zero-order chi connectivity index (χ0) is 14.0. The molecular formula is C14H11BrFNOS. The van der Waals surface area contributed by atoms with Gasteiger partial charge in [-0.3, -0.25) is 4.79 Å². The van der Waals surface area contributed by atoms with Gasteiger partial charge in [-0.25, -0.2) is 4.39 Å². The molecule has 0 radical (unpaired) electrons. The van der Waals surface area contributed by atoms with Crippen LogP contribution in [-0.4, -0.2) is 5.91 Å². The van der Waals surface area contributed by atoms with Crippen LogP contribution in [0.1, 0.15) is 15.9 Å². The van der Waals surface area contributed by atoms with Gasteiger partial charge in [0.05, 0.1) is 4.47 Å². The van der Waals surface area contributed by atoms with Crippen LogP contribution in [0.2, 0.25) is 0 Å². The lowest BCUT2D eigenvalue weighted by Gasteiger charge is -2.09. The molecule has 0 fully saturated rings. The predicted octanol–water partition coefficient (Wildman–Crippen LogP) is 4.44. The van der Waals surface area contributed by atoms with Crippen LogP contribution in [0.15, 0.2) is 45.8 Å². The number of carbonyl (C=O) groups is 1. The van der Waals surface area contributed by atoms with Crippen LogP contribution in [0.3, 0.4) is 0 Å². The summed E-state index contributed by atoms with van der Waals surface area (Å²) < 4.78 is 13.6. The van der Waals surface area contributed by atoms with Gasteiger partial charge in [-0.15, -0.1) is 12.6 Å². The minimum atomic E-state index is -0.352. The van der Waals surface area contributed by atoms with E-state index in [-0.39, 0.29) is 11.7 Å². The van der Waals surface area contributed by atoms with Crippen molar-refractivity contribution in [3.63, 3.8) is 0 Å². The second kappa shape index (κ2) is 5.75. The highest BCUT2D eigenvalue weighted by Crippen LogP contribution is 2.24. The van der Waals surface area contributed by atoms with Crippen molar-refractivity contribution in [2.45, 2.75) is 11.8 Å². The summed E-state index contributed by atoms with van der Waals surface area (Å²) in [6.07, 6.45) is 0. The Morgan fingerprint density at radius 1 is 1.26 bits per heavy atom. The quantitative estimate of drug-likeness (QED) is 0.778. The van der Waals surface area contributed by atoms with Crippen molar-refractivity contribution in [1.82, 2.24) is 0 Å². The molecule has 1 N–H and O–H groups in total. The molecule has 0 unspecified atom stereocenters. The minimum absolute atomic E-state index is 0.241. The van der Waals surface area contributed by atoms with E-state index in [9.17, 15) is 9.18 Å². The molecule has 0 spiro atoms. The van der Waals surface area contributed by atoms with Gasteiger partial charge in [0, 0.05) is 16.1 Å². The third-order valence-electron chi connectivity index (χ3n) is 2.64. The molecule has 0 atom stereocenters. The first-order chi connectivity index (χ1) is 8.97. The molecule has 0 bridgehead atoms. The van der Waals surface area contributed by atoms with Crippen molar-refractivity contribution < 1.29 is 9.18 Å². The summed E-state index contributed by atoms with van der Waals surface area (Å²) in [5.41, 5.74) is 1.77. The maximum Gasteiger partial charge on any atom is 0.255 e. The molecule has 5 heteroatoms. The van der Waals surface area contributed by atoms with E-state index in [0.29, 0.717) is 21.3 Å². The fraction of sp³-hybridized carbons (Fsp3) is 0.0714. The summed E-state index contributed by atoms with van der Waals surface area (Å²) in [7, 11) is 0. The summed E-state index contributed by atoms with van der Waals surface area (Å²) in [6, 6.07) is 9.78. The molecule has 19 heavy (non-hydrogen) atoms. The Labute approximate surface area is 124 Å². The smallest absolute Gasteiger partial charge is 0.255 e. The number of hydrogen-bond acceptors (Lipinski definition) is 2. The number of carbonyl (C=O) groups excluding carboxylic acids is 1. The third-order valence-corrected chi connectivity index (χ3v) is 3.55. The van der Waals surface area contributed by atoms with Crippen molar-refractivity contribution in [2.75, 3.05) is 5.32 Å². The van der Waals surface area contributed by atoms with Gasteiger partial charge in [0.2, 0.25) is 0 Å². The molecule has 0 heterocycles. The summed E-state index contributed by atoms with van der Waals surface area (Å²) in [5, 5.41) is 2.75. The summed E-state index contributed by atoms with van der Waals surface area (Å²) in [5.74, 6) is -0.593. The number of thiol groups is 1. The lowest BCUT2D eigenvalue weighted by atomic mass is 10.1. The fourth-order valence-corrected chi connectivity index (χ4v) is 2.08. The third kappa shape index (κ3) is 3.36. The molecule has 1 amide bonds. The molecule has 98 valence electrons. The topological polar surface area (TPSA) is 29.1 Å². The zero-order valence-electron chi connectivity index (χ0n) is 10.1. The SMILES string of the molecule is Cc1cc(F)c(Br)cc1NC(=O)c1ccc(S)cc1. The van der Waals surface area contributed by atoms with Crippen molar-refractivity contribution in [3.8, 4) is 0 Å². The maximum atomic E-state index is 13.3. The Bertz CT molecular complexity index is 628. The molecule has 2 nitrogen and oxygen atoms in total. The number of anilines is 1. The molecule has 0 aliphatic heterocycles. The number of nitrogens with one attached hydrogen (secondary N) is 1. The minimum Gasteiger partial charge on any atom is -0.322 e. The molecular weight excluding hydrogens is 329 g/mol. The Morgan fingerprint density at radius 3 is 2.53 bits per heavy atom. The Morgan fingerprint density at radius 2 is 1.89 bits per heavy atom. The number of halogens is 2. The number of amides is 1. The van der Waals surface area contributed by atoms with E-state index in [4.69, 9.17) is 0 Å². The van der Waals surface area contributed by atoms with E-state index in [1.165, 1.54) is 6.07 Å². The Kier molecular flexibility index (Phi) is 4.27. The lowest BCUT2D eigenvalue weighted by molar-refractivity contribution is 0.102. The monoisotopic (exact) mass is 339 g/mol. The van der Waals surface area contributed by atoms with Crippen LogP contribution in [0.5, 0.6) is 0 Å². The lowest BCUT2D eigenvalue weighted by Crippen LogP contribution is -2.12. The van der Waals surface area contributed by atoms with E-state index in [1.54, 1.807) is 37.3 Å². The predicted molar refractivity (Wildman–Crippen MR) is 80.5 cm³/mol. The molecule has 2 aromatic rings. The molecule has 0 aliphatic carbocycles. The van der Waals surface area contributed by atoms with E-state index >= 15 is 0 Å². The first-order valence-electron chi connectivity index (χ1n) is 5.53. The van der Waals surface area contributed by atoms with Gasteiger partial charge in [0.15, 0.2) is 0 Å². The Hall–Kier alpha value is -1.33. The van der Waals surface area contributed by atoms with Crippen molar-refractivity contribution in [1.29, 1.82) is 0 Å². The largest absolute Gasteiger partial charge is 0.322 e. The normalized spacial score (nSPS) is 10.3. The van der Waals surface area contributed by atoms with Crippen LogP contribution < -0.4 is 5.32 Å². The van der Waals surface area contributed by atoms with Gasteiger partial charge < -0.3 is 5.32 Å². The number of benzene rings is 2. The average Bonchev–Trinajstić information content (AvgIpc) is 2.36. The number of hydrogen-bond donors (Lipinski definition) is 2. The van der Waals surface area contributed by atoms with Gasteiger partial charge in [0.1, 0.15) is 5.82 Å².